The zero-order valence-electron chi connectivity index (χ0n) is 19.6. The van der Waals surface area contributed by atoms with E-state index in [4.69, 9.17) is 0 Å². The van der Waals surface area contributed by atoms with Crippen molar-refractivity contribution in [2.45, 2.75) is 57.2 Å². The van der Waals surface area contributed by atoms with Crippen LogP contribution in [0.4, 0.5) is 35.5 Å². The molecule has 0 N–H and O–H groups in total. The Morgan fingerprint density at radius 1 is 1.06 bits per heavy atom. The zero-order valence-corrected chi connectivity index (χ0v) is 19.6. The molecule has 1 aliphatic heterocycles. The number of alkyl halides is 6. The molecule has 36 heavy (non-hydrogen) atoms. The topological polar surface area (TPSA) is 53.0 Å². The Labute approximate surface area is 202 Å². The van der Waals surface area contributed by atoms with Gasteiger partial charge in [0.25, 0.3) is 0 Å². The number of piperidine rings is 1. The molecule has 3 atom stereocenters. The number of halogens is 7. The Morgan fingerprint density at radius 2 is 1.64 bits per heavy atom. The number of nitroso groups, excluding NO2 is 1. The molecule has 0 saturated carbocycles. The van der Waals surface area contributed by atoms with Gasteiger partial charge in [-0.3, -0.25) is 0 Å². The fourth-order valence-electron chi connectivity index (χ4n) is 4.39. The number of nitrogens with zero attached hydrogens (tertiary/aromatic N) is 3. The molecule has 0 spiro atoms. The summed E-state index contributed by atoms with van der Waals surface area (Å²) in [4.78, 5) is 27.1. The Kier molecular flexibility index (Phi) is 7.66. The first-order chi connectivity index (χ1) is 16.6. The van der Waals surface area contributed by atoms with Crippen LogP contribution in [0.5, 0.6) is 0 Å². The van der Waals surface area contributed by atoms with Crippen LogP contribution in [0.15, 0.2) is 41.6 Å². The van der Waals surface area contributed by atoms with Gasteiger partial charge >= 0.3 is 18.4 Å². The van der Waals surface area contributed by atoms with Crippen molar-refractivity contribution >= 4 is 6.03 Å². The van der Waals surface area contributed by atoms with E-state index in [1.807, 2.05) is 0 Å². The minimum absolute atomic E-state index is 0.0303. The number of rotatable bonds is 4. The predicted molar refractivity (Wildman–Crippen MR) is 117 cm³/mol. The van der Waals surface area contributed by atoms with Crippen LogP contribution in [0.2, 0.25) is 0 Å². The number of likely N-dealkylation sites (tertiary alicyclic amines) is 1. The van der Waals surface area contributed by atoms with Gasteiger partial charge in [-0.1, -0.05) is 11.2 Å². The van der Waals surface area contributed by atoms with E-state index >= 15 is 0 Å². The van der Waals surface area contributed by atoms with Gasteiger partial charge in [-0.15, -0.1) is 0 Å². The standard InChI is InChI=1S/C24H24F7N3O2/c1-13-8-18(25)4-5-20(13)21-12-19(32-36)6-7-34(21)22(35)33(3)14(2)15-9-16(23(26,27)28)11-17(10-15)24(29,30)31/h4-5,8-11,14,19,21H,6-7,12H2,1-3H3/t14-,19?,21-/m1/s1. The van der Waals surface area contributed by atoms with Gasteiger partial charge < -0.3 is 9.80 Å². The van der Waals surface area contributed by atoms with Gasteiger partial charge in [-0.05, 0) is 73.7 Å². The van der Waals surface area contributed by atoms with Crippen molar-refractivity contribution in [3.8, 4) is 0 Å². The molecule has 0 radical (unpaired) electrons. The normalized spacial score (nSPS) is 19.7. The van der Waals surface area contributed by atoms with Crippen LogP contribution in [0.1, 0.15) is 59.7 Å². The highest BCUT2D eigenvalue weighted by Gasteiger charge is 2.39. The van der Waals surface area contributed by atoms with Crippen molar-refractivity contribution < 1.29 is 35.5 Å². The number of carbonyl (C=O) groups excluding carboxylic acids is 1. The number of hydrogen-bond donors (Lipinski definition) is 0. The summed E-state index contributed by atoms with van der Waals surface area (Å²) in [5.41, 5.74) is -2.20. The lowest BCUT2D eigenvalue weighted by Gasteiger charge is -2.41. The largest absolute Gasteiger partial charge is 0.416 e. The number of benzene rings is 2. The molecule has 1 aliphatic rings. The minimum Gasteiger partial charge on any atom is -0.321 e. The summed E-state index contributed by atoms with van der Waals surface area (Å²) in [7, 11) is 1.28. The van der Waals surface area contributed by atoms with E-state index < -0.39 is 53.5 Å². The minimum atomic E-state index is -5.02. The first-order valence-electron chi connectivity index (χ1n) is 11.0. The van der Waals surface area contributed by atoms with Crippen LogP contribution in [0.25, 0.3) is 0 Å². The van der Waals surface area contributed by atoms with Crippen LogP contribution in [0, 0.1) is 17.6 Å². The van der Waals surface area contributed by atoms with Gasteiger partial charge in [0, 0.05) is 13.6 Å². The van der Waals surface area contributed by atoms with Crippen molar-refractivity contribution in [3.05, 3.63) is 74.9 Å². The van der Waals surface area contributed by atoms with Gasteiger partial charge in [0.2, 0.25) is 0 Å². The molecule has 12 heteroatoms. The lowest BCUT2D eigenvalue weighted by Crippen LogP contribution is -2.48. The molecule has 5 nitrogen and oxygen atoms in total. The van der Waals surface area contributed by atoms with Crippen molar-refractivity contribution in [1.82, 2.24) is 9.80 Å². The second kappa shape index (κ2) is 10.1. The van der Waals surface area contributed by atoms with Gasteiger partial charge in [-0.25, -0.2) is 9.18 Å². The van der Waals surface area contributed by atoms with Crippen molar-refractivity contribution in [2.24, 2.45) is 5.18 Å². The van der Waals surface area contributed by atoms with E-state index in [9.17, 15) is 40.4 Å². The van der Waals surface area contributed by atoms with Gasteiger partial charge in [0.05, 0.1) is 29.3 Å². The van der Waals surface area contributed by atoms with Gasteiger partial charge in [0.1, 0.15) is 5.82 Å². The van der Waals surface area contributed by atoms with Crippen molar-refractivity contribution in [3.63, 3.8) is 0 Å². The second-order valence-corrected chi connectivity index (χ2v) is 8.90. The summed E-state index contributed by atoms with van der Waals surface area (Å²) >= 11 is 0. The van der Waals surface area contributed by atoms with Gasteiger partial charge in [-0.2, -0.15) is 31.2 Å². The average Bonchev–Trinajstić information content (AvgIpc) is 2.81. The van der Waals surface area contributed by atoms with E-state index in [-0.39, 0.29) is 31.0 Å². The van der Waals surface area contributed by atoms with Crippen LogP contribution in [-0.2, 0) is 12.4 Å². The van der Waals surface area contributed by atoms with Crippen LogP contribution >= 0.6 is 0 Å². The summed E-state index contributed by atoms with van der Waals surface area (Å²) < 4.78 is 93.5. The van der Waals surface area contributed by atoms with Crippen molar-refractivity contribution in [2.75, 3.05) is 13.6 Å². The summed E-state index contributed by atoms with van der Waals surface area (Å²) in [5, 5.41) is 3.07. The number of urea groups is 1. The van der Waals surface area contributed by atoms with Crippen LogP contribution in [0.3, 0.4) is 0 Å². The van der Waals surface area contributed by atoms with Crippen LogP contribution < -0.4 is 0 Å². The summed E-state index contributed by atoms with van der Waals surface area (Å²) in [5.74, 6) is -0.495. The number of carbonyl (C=O) groups is 1. The molecule has 196 valence electrons. The molecular weight excluding hydrogens is 495 g/mol. The fourth-order valence-corrected chi connectivity index (χ4v) is 4.39. The second-order valence-electron chi connectivity index (χ2n) is 8.90. The molecule has 0 aromatic heterocycles. The molecule has 1 unspecified atom stereocenters. The monoisotopic (exact) mass is 519 g/mol. The number of aryl methyl sites for hydroxylation is 1. The third-order valence-corrected chi connectivity index (χ3v) is 6.54. The molecule has 1 heterocycles. The lowest BCUT2D eigenvalue weighted by atomic mass is 9.90. The maximum absolute atomic E-state index is 13.7. The van der Waals surface area contributed by atoms with Gasteiger partial charge in [0.15, 0.2) is 0 Å². The first-order valence-corrected chi connectivity index (χ1v) is 11.0. The maximum Gasteiger partial charge on any atom is 0.416 e. The Hall–Kier alpha value is -3.18. The van der Waals surface area contributed by atoms with E-state index in [2.05, 4.69) is 5.18 Å². The van der Waals surface area contributed by atoms with Crippen LogP contribution in [-0.4, -0.2) is 35.5 Å². The highest BCUT2D eigenvalue weighted by atomic mass is 19.4. The molecule has 0 aliphatic carbocycles. The number of hydrogen-bond acceptors (Lipinski definition) is 3. The highest BCUT2D eigenvalue weighted by molar-refractivity contribution is 5.75. The molecular formula is C24H24F7N3O2. The lowest BCUT2D eigenvalue weighted by molar-refractivity contribution is -0.143. The quantitative estimate of drug-likeness (QED) is 0.316. The third kappa shape index (κ3) is 5.79. The molecule has 2 aromatic rings. The zero-order chi connectivity index (χ0) is 27.0. The molecule has 2 aromatic carbocycles. The van der Waals surface area contributed by atoms with E-state index in [0.717, 1.165) is 4.90 Å². The SMILES string of the molecule is Cc1cc(F)ccc1[C@H]1CC(N=O)CCN1C(=O)N(C)[C@H](C)c1cc(C(F)(F)F)cc(C(F)(F)F)c1. The Balaban J connectivity index is 1.97. The van der Waals surface area contributed by atoms with Crippen molar-refractivity contribution in [1.29, 1.82) is 0 Å². The molecule has 1 fully saturated rings. The predicted octanol–water partition coefficient (Wildman–Crippen LogP) is 7.26. The molecule has 2 amide bonds. The summed E-state index contributed by atoms with van der Waals surface area (Å²) in [6.45, 7) is 3.03. The summed E-state index contributed by atoms with van der Waals surface area (Å²) in [6.07, 6.45) is -9.66. The maximum atomic E-state index is 13.7. The smallest absolute Gasteiger partial charge is 0.321 e. The fraction of sp³-hybridized carbons (Fsp3) is 0.458. The average molecular weight is 519 g/mol. The summed E-state index contributed by atoms with van der Waals surface area (Å²) in [6, 6.07) is 2.06. The first kappa shape index (κ1) is 27.4. The van der Waals surface area contributed by atoms with E-state index in [1.165, 1.54) is 37.1 Å². The highest BCUT2D eigenvalue weighted by Crippen LogP contribution is 2.39. The Bertz CT molecular complexity index is 1100. The number of amides is 2. The molecule has 3 rings (SSSR count). The Morgan fingerprint density at radius 3 is 2.14 bits per heavy atom. The van der Waals surface area contributed by atoms with E-state index in [0.29, 0.717) is 23.3 Å². The van der Waals surface area contributed by atoms with E-state index in [1.54, 1.807) is 6.92 Å². The third-order valence-electron chi connectivity index (χ3n) is 6.54. The molecule has 1 saturated heterocycles. The molecule has 0 bridgehead atoms.